The first kappa shape index (κ1) is 17.4. The molecule has 8 heteroatoms. The summed E-state index contributed by atoms with van der Waals surface area (Å²) in [5.41, 5.74) is 7.56. The van der Waals surface area contributed by atoms with E-state index in [9.17, 15) is 13.2 Å². The first-order valence-corrected chi connectivity index (χ1v) is 9.43. The molecule has 0 saturated carbocycles. The molecule has 4 N–H and O–H groups in total. The maximum Gasteiger partial charge on any atom is 0.250 e. The number of aryl methyl sites for hydroxylation is 1. The lowest BCUT2D eigenvalue weighted by atomic mass is 10.1. The number of benzene rings is 2. The summed E-state index contributed by atoms with van der Waals surface area (Å²) in [5, 5.41) is 1.67. The van der Waals surface area contributed by atoms with E-state index in [0.29, 0.717) is 11.4 Å². The summed E-state index contributed by atoms with van der Waals surface area (Å²) in [7, 11) is -3.80. The van der Waals surface area contributed by atoms with Crippen LogP contribution in [0, 0.1) is 12.8 Å². The molecule has 0 spiro atoms. The van der Waals surface area contributed by atoms with Crippen LogP contribution in [0.25, 0.3) is 0 Å². The number of amides is 1. The molecule has 0 aliphatic carbocycles. The molecule has 3 rings (SSSR count). The highest BCUT2D eigenvalue weighted by Crippen LogP contribution is 2.20. The fourth-order valence-electron chi connectivity index (χ4n) is 2.61. The van der Waals surface area contributed by atoms with E-state index in [1.165, 1.54) is 0 Å². The van der Waals surface area contributed by atoms with Gasteiger partial charge in [-0.3, -0.25) is 14.9 Å². The average Bonchev–Trinajstić information content (AvgIpc) is 3.09. The number of rotatable bonds is 5. The number of sulfonamides is 1. The molecule has 1 saturated heterocycles. The Balaban J connectivity index is 1.73. The average molecular weight is 360 g/mol. The van der Waals surface area contributed by atoms with E-state index in [0.717, 1.165) is 5.56 Å². The SMILES string of the molecule is Cc1ccc(NS(=O)(=O)C2NNCC2C(=O)Nc2ccccc2)cc1. The molecule has 1 amide bonds. The van der Waals surface area contributed by atoms with Gasteiger partial charge in [0.1, 0.15) is 0 Å². The topological polar surface area (TPSA) is 99.3 Å². The number of hydrogen-bond donors (Lipinski definition) is 4. The number of hydrazine groups is 1. The molecule has 2 atom stereocenters. The third-order valence-electron chi connectivity index (χ3n) is 3.96. The second-order valence-corrected chi connectivity index (χ2v) is 7.72. The Hall–Kier alpha value is -2.42. The van der Waals surface area contributed by atoms with Crippen molar-refractivity contribution in [2.75, 3.05) is 16.6 Å². The molecule has 0 bridgehead atoms. The molecular formula is C17H20N4O3S. The summed E-state index contributed by atoms with van der Waals surface area (Å²) >= 11 is 0. The van der Waals surface area contributed by atoms with E-state index >= 15 is 0 Å². The van der Waals surface area contributed by atoms with Crippen molar-refractivity contribution < 1.29 is 13.2 Å². The quantitative estimate of drug-likeness (QED) is 0.646. The Morgan fingerprint density at radius 2 is 1.72 bits per heavy atom. The molecule has 1 heterocycles. The van der Waals surface area contributed by atoms with Crippen LogP contribution in [0.2, 0.25) is 0 Å². The minimum absolute atomic E-state index is 0.220. The number of carbonyl (C=O) groups is 1. The van der Waals surface area contributed by atoms with Crippen LogP contribution in [0.5, 0.6) is 0 Å². The Kier molecular flexibility index (Phi) is 5.03. The molecule has 0 radical (unpaired) electrons. The second-order valence-electron chi connectivity index (χ2n) is 5.92. The Morgan fingerprint density at radius 1 is 1.04 bits per heavy atom. The van der Waals surface area contributed by atoms with E-state index in [1.54, 1.807) is 36.4 Å². The van der Waals surface area contributed by atoms with Gasteiger partial charge < -0.3 is 5.32 Å². The van der Waals surface area contributed by atoms with Crippen molar-refractivity contribution in [3.05, 3.63) is 60.2 Å². The van der Waals surface area contributed by atoms with Crippen LogP contribution < -0.4 is 20.9 Å². The molecule has 0 aromatic heterocycles. The minimum atomic E-state index is -3.80. The maximum absolute atomic E-state index is 12.7. The summed E-state index contributed by atoms with van der Waals surface area (Å²) in [6.45, 7) is 2.14. The molecule has 1 aliphatic rings. The molecule has 2 aromatic rings. The van der Waals surface area contributed by atoms with Gasteiger partial charge in [0, 0.05) is 17.9 Å². The van der Waals surface area contributed by atoms with Gasteiger partial charge in [-0.05, 0) is 31.2 Å². The van der Waals surface area contributed by atoms with E-state index < -0.39 is 21.3 Å². The Labute approximate surface area is 146 Å². The third kappa shape index (κ3) is 4.16. The van der Waals surface area contributed by atoms with Crippen molar-refractivity contribution in [1.82, 2.24) is 10.9 Å². The molecule has 1 fully saturated rings. The first-order valence-electron chi connectivity index (χ1n) is 7.88. The van der Waals surface area contributed by atoms with Crippen LogP contribution in [0.15, 0.2) is 54.6 Å². The van der Waals surface area contributed by atoms with Crippen LogP contribution in [0.1, 0.15) is 5.56 Å². The summed E-state index contributed by atoms with van der Waals surface area (Å²) in [4.78, 5) is 12.5. The van der Waals surface area contributed by atoms with Crippen LogP contribution in [-0.4, -0.2) is 26.2 Å². The van der Waals surface area contributed by atoms with Crippen molar-refractivity contribution in [3.8, 4) is 0 Å². The van der Waals surface area contributed by atoms with Crippen molar-refractivity contribution in [3.63, 3.8) is 0 Å². The van der Waals surface area contributed by atoms with Gasteiger partial charge in [0.15, 0.2) is 5.37 Å². The highest BCUT2D eigenvalue weighted by Gasteiger charge is 2.41. The standard InChI is InChI=1S/C17H20N4O3S/c1-12-7-9-14(10-8-12)21-25(23,24)17-15(11-18-20-17)16(22)19-13-5-3-2-4-6-13/h2-10,15,17-18,20-21H,11H2,1H3,(H,19,22). The first-order chi connectivity index (χ1) is 12.0. The van der Waals surface area contributed by atoms with E-state index in [1.807, 2.05) is 25.1 Å². The number of nitrogens with one attached hydrogen (secondary N) is 4. The normalized spacial score (nSPS) is 20.2. The van der Waals surface area contributed by atoms with Gasteiger partial charge in [-0.2, -0.15) is 0 Å². The predicted molar refractivity (Wildman–Crippen MR) is 97.2 cm³/mol. The minimum Gasteiger partial charge on any atom is -0.326 e. The lowest BCUT2D eigenvalue weighted by molar-refractivity contribution is -0.119. The molecule has 7 nitrogen and oxygen atoms in total. The van der Waals surface area contributed by atoms with E-state index in [2.05, 4.69) is 20.9 Å². The van der Waals surface area contributed by atoms with Gasteiger partial charge in [-0.15, -0.1) is 0 Å². The summed E-state index contributed by atoms with van der Waals surface area (Å²) in [6.07, 6.45) is 0. The molecule has 2 aromatic carbocycles. The lowest BCUT2D eigenvalue weighted by Gasteiger charge is -2.19. The number of anilines is 2. The largest absolute Gasteiger partial charge is 0.326 e. The van der Waals surface area contributed by atoms with Gasteiger partial charge in [0.2, 0.25) is 5.91 Å². The smallest absolute Gasteiger partial charge is 0.250 e. The number of para-hydroxylation sites is 1. The van der Waals surface area contributed by atoms with Gasteiger partial charge in [-0.1, -0.05) is 35.9 Å². The molecule has 132 valence electrons. The molecular weight excluding hydrogens is 340 g/mol. The van der Waals surface area contributed by atoms with Gasteiger partial charge in [-0.25, -0.2) is 13.8 Å². The molecule has 1 aliphatic heterocycles. The summed E-state index contributed by atoms with van der Waals surface area (Å²) in [5.74, 6) is -1.12. The zero-order valence-corrected chi connectivity index (χ0v) is 14.5. The second kappa shape index (κ2) is 7.22. The lowest BCUT2D eigenvalue weighted by Crippen LogP contribution is -2.45. The highest BCUT2D eigenvalue weighted by atomic mass is 32.2. The van der Waals surface area contributed by atoms with Crippen LogP contribution >= 0.6 is 0 Å². The van der Waals surface area contributed by atoms with E-state index in [4.69, 9.17) is 0 Å². The predicted octanol–water partition coefficient (Wildman–Crippen LogP) is 1.43. The van der Waals surface area contributed by atoms with Crippen LogP contribution in [0.4, 0.5) is 11.4 Å². The zero-order valence-electron chi connectivity index (χ0n) is 13.7. The van der Waals surface area contributed by atoms with Crippen molar-refractivity contribution >= 4 is 27.3 Å². The highest BCUT2D eigenvalue weighted by molar-refractivity contribution is 7.93. The van der Waals surface area contributed by atoms with Gasteiger partial charge >= 0.3 is 0 Å². The van der Waals surface area contributed by atoms with E-state index in [-0.39, 0.29) is 12.5 Å². The fraction of sp³-hybridized carbons (Fsp3) is 0.235. The number of carbonyl (C=O) groups excluding carboxylic acids is 1. The van der Waals surface area contributed by atoms with Crippen molar-refractivity contribution in [1.29, 1.82) is 0 Å². The van der Waals surface area contributed by atoms with Crippen LogP contribution in [-0.2, 0) is 14.8 Å². The summed E-state index contributed by atoms with van der Waals surface area (Å²) < 4.78 is 27.8. The van der Waals surface area contributed by atoms with Gasteiger partial charge in [0.05, 0.1) is 5.92 Å². The molecule has 25 heavy (non-hydrogen) atoms. The van der Waals surface area contributed by atoms with Crippen molar-refractivity contribution in [2.24, 2.45) is 5.92 Å². The number of hydrogen-bond acceptors (Lipinski definition) is 5. The monoisotopic (exact) mass is 360 g/mol. The zero-order chi connectivity index (χ0) is 17.9. The summed E-state index contributed by atoms with van der Waals surface area (Å²) in [6, 6.07) is 16.0. The molecule has 2 unspecified atom stereocenters. The van der Waals surface area contributed by atoms with Gasteiger partial charge in [0.25, 0.3) is 10.0 Å². The fourth-order valence-corrected chi connectivity index (χ4v) is 4.09. The van der Waals surface area contributed by atoms with Crippen molar-refractivity contribution in [2.45, 2.75) is 12.3 Å². The Morgan fingerprint density at radius 3 is 2.40 bits per heavy atom. The Bertz CT molecular complexity index is 838. The third-order valence-corrected chi connectivity index (χ3v) is 5.59. The maximum atomic E-state index is 12.7. The van der Waals surface area contributed by atoms with Crippen LogP contribution in [0.3, 0.4) is 0 Å².